The van der Waals surface area contributed by atoms with Crippen molar-refractivity contribution in [2.45, 2.75) is 84.1 Å². The number of aliphatic carboxylic acids is 1. The second-order valence-corrected chi connectivity index (χ2v) is 7.96. The second-order valence-electron chi connectivity index (χ2n) is 7.96. The number of carboxylic acid groups (broad SMARTS) is 1. The summed E-state index contributed by atoms with van der Waals surface area (Å²) in [5, 5.41) is 12.2. The molecule has 2 N–H and O–H groups in total. The van der Waals surface area contributed by atoms with Crippen LogP contribution in [0.3, 0.4) is 0 Å². The van der Waals surface area contributed by atoms with Crippen molar-refractivity contribution in [2.24, 2.45) is 10.8 Å². The summed E-state index contributed by atoms with van der Waals surface area (Å²) in [5.74, 6) is -0.716. The van der Waals surface area contributed by atoms with Crippen LogP contribution in [-0.2, 0) is 9.59 Å². The van der Waals surface area contributed by atoms with Gasteiger partial charge in [0.25, 0.3) is 0 Å². The van der Waals surface area contributed by atoms with Gasteiger partial charge in [-0.3, -0.25) is 9.59 Å². The van der Waals surface area contributed by atoms with Gasteiger partial charge >= 0.3 is 5.97 Å². The number of rotatable bonds is 5. The molecular weight excluding hydrogens is 266 g/mol. The van der Waals surface area contributed by atoms with Crippen molar-refractivity contribution >= 4 is 11.9 Å². The molecule has 0 aliphatic heterocycles. The summed E-state index contributed by atoms with van der Waals surface area (Å²) >= 11 is 0. The Kier molecular flexibility index (Phi) is 4.95. The fourth-order valence-corrected chi connectivity index (χ4v) is 4.02. The van der Waals surface area contributed by atoms with E-state index < -0.39 is 5.97 Å². The molecule has 2 aliphatic carbocycles. The van der Waals surface area contributed by atoms with Gasteiger partial charge in [0.1, 0.15) is 0 Å². The maximum absolute atomic E-state index is 12.3. The van der Waals surface area contributed by atoms with Crippen molar-refractivity contribution in [3.05, 3.63) is 0 Å². The van der Waals surface area contributed by atoms with Gasteiger partial charge in [0.15, 0.2) is 0 Å². The fourth-order valence-electron chi connectivity index (χ4n) is 4.02. The second kappa shape index (κ2) is 6.37. The normalized spacial score (nSPS) is 24.7. The monoisotopic (exact) mass is 295 g/mol. The predicted octanol–water partition coefficient (Wildman–Crippen LogP) is 3.50. The molecule has 0 aromatic carbocycles. The minimum atomic E-state index is -0.774. The minimum Gasteiger partial charge on any atom is -0.481 e. The molecule has 0 aromatic heterocycles. The van der Waals surface area contributed by atoms with Gasteiger partial charge in [-0.2, -0.15) is 0 Å². The van der Waals surface area contributed by atoms with E-state index >= 15 is 0 Å². The Balaban J connectivity index is 1.84. The van der Waals surface area contributed by atoms with Crippen LogP contribution in [0.1, 0.15) is 78.1 Å². The van der Waals surface area contributed by atoms with E-state index in [1.165, 1.54) is 0 Å². The highest BCUT2D eigenvalue weighted by Crippen LogP contribution is 2.44. The standard InChI is InChI=1S/C17H29NO3/c1-16(2)9-5-13(6-10-16)18-14(19)11-17(12-15(20)21)7-3-4-8-17/h13H,3-12H2,1-2H3,(H,18,19)(H,20,21). The van der Waals surface area contributed by atoms with E-state index in [2.05, 4.69) is 19.2 Å². The zero-order valence-electron chi connectivity index (χ0n) is 13.4. The van der Waals surface area contributed by atoms with Crippen LogP contribution in [0.25, 0.3) is 0 Å². The first-order valence-corrected chi connectivity index (χ1v) is 8.32. The SMILES string of the molecule is CC1(C)CCC(NC(=O)CC2(CC(=O)O)CCCC2)CC1. The number of hydrogen-bond acceptors (Lipinski definition) is 2. The van der Waals surface area contributed by atoms with Crippen molar-refractivity contribution < 1.29 is 14.7 Å². The van der Waals surface area contributed by atoms with Gasteiger partial charge < -0.3 is 10.4 Å². The molecule has 2 saturated carbocycles. The summed E-state index contributed by atoms with van der Waals surface area (Å²) in [5.41, 5.74) is 0.112. The van der Waals surface area contributed by atoms with Gasteiger partial charge in [0, 0.05) is 12.5 Å². The smallest absolute Gasteiger partial charge is 0.303 e. The lowest BCUT2D eigenvalue weighted by Gasteiger charge is -2.35. The molecule has 2 rings (SSSR count). The van der Waals surface area contributed by atoms with Crippen molar-refractivity contribution in [1.82, 2.24) is 5.32 Å². The summed E-state index contributed by atoms with van der Waals surface area (Å²) in [7, 11) is 0. The molecule has 2 fully saturated rings. The van der Waals surface area contributed by atoms with Crippen LogP contribution in [0.2, 0.25) is 0 Å². The number of amides is 1. The van der Waals surface area contributed by atoms with Gasteiger partial charge in [-0.25, -0.2) is 0 Å². The third-order valence-electron chi connectivity index (χ3n) is 5.43. The van der Waals surface area contributed by atoms with Crippen LogP contribution >= 0.6 is 0 Å². The van der Waals surface area contributed by atoms with E-state index in [1.54, 1.807) is 0 Å². The van der Waals surface area contributed by atoms with Crippen LogP contribution < -0.4 is 5.32 Å². The highest BCUT2D eigenvalue weighted by Gasteiger charge is 2.38. The van der Waals surface area contributed by atoms with E-state index in [4.69, 9.17) is 5.11 Å². The lowest BCUT2D eigenvalue weighted by Crippen LogP contribution is -2.41. The molecule has 2 aliphatic rings. The van der Waals surface area contributed by atoms with Crippen LogP contribution in [-0.4, -0.2) is 23.0 Å². The Morgan fingerprint density at radius 2 is 1.62 bits per heavy atom. The number of nitrogens with one attached hydrogen (secondary N) is 1. The first-order chi connectivity index (χ1) is 9.80. The Hall–Kier alpha value is -1.06. The molecule has 0 aromatic rings. The summed E-state index contributed by atoms with van der Waals surface area (Å²) in [6, 6.07) is 0.286. The van der Waals surface area contributed by atoms with Crippen LogP contribution in [0.5, 0.6) is 0 Å². The number of carbonyl (C=O) groups is 2. The van der Waals surface area contributed by atoms with Crippen molar-refractivity contribution in [3.8, 4) is 0 Å². The van der Waals surface area contributed by atoms with E-state index in [0.29, 0.717) is 11.8 Å². The summed E-state index contributed by atoms with van der Waals surface area (Å²) in [6.45, 7) is 4.57. The molecule has 0 radical (unpaired) electrons. The molecule has 4 nitrogen and oxygen atoms in total. The molecule has 0 saturated heterocycles. The van der Waals surface area contributed by atoms with E-state index in [-0.39, 0.29) is 23.8 Å². The predicted molar refractivity (Wildman–Crippen MR) is 82.0 cm³/mol. The lowest BCUT2D eigenvalue weighted by molar-refractivity contribution is -0.140. The number of carboxylic acids is 1. The molecule has 0 bridgehead atoms. The van der Waals surface area contributed by atoms with Crippen LogP contribution in [0, 0.1) is 10.8 Å². The van der Waals surface area contributed by atoms with Crippen LogP contribution in [0.15, 0.2) is 0 Å². The third-order valence-corrected chi connectivity index (χ3v) is 5.43. The lowest BCUT2D eigenvalue weighted by atomic mass is 9.75. The van der Waals surface area contributed by atoms with E-state index in [0.717, 1.165) is 51.4 Å². The van der Waals surface area contributed by atoms with Gasteiger partial charge in [0.2, 0.25) is 5.91 Å². The Labute approximate surface area is 127 Å². The van der Waals surface area contributed by atoms with Gasteiger partial charge in [-0.1, -0.05) is 26.7 Å². The van der Waals surface area contributed by atoms with Gasteiger partial charge in [-0.05, 0) is 49.4 Å². The highest BCUT2D eigenvalue weighted by molar-refractivity contribution is 5.78. The van der Waals surface area contributed by atoms with Crippen molar-refractivity contribution in [3.63, 3.8) is 0 Å². The molecule has 4 heteroatoms. The Morgan fingerprint density at radius 3 is 2.14 bits per heavy atom. The minimum absolute atomic E-state index is 0.0582. The van der Waals surface area contributed by atoms with Crippen molar-refractivity contribution in [1.29, 1.82) is 0 Å². The fraction of sp³-hybridized carbons (Fsp3) is 0.882. The van der Waals surface area contributed by atoms with Gasteiger partial charge in [0.05, 0.1) is 6.42 Å². The van der Waals surface area contributed by atoms with E-state index in [1.807, 2.05) is 0 Å². The summed E-state index contributed by atoms with van der Waals surface area (Å²) in [4.78, 5) is 23.4. The van der Waals surface area contributed by atoms with Crippen molar-refractivity contribution in [2.75, 3.05) is 0 Å². The molecule has 21 heavy (non-hydrogen) atoms. The average Bonchev–Trinajstić information content (AvgIpc) is 2.79. The zero-order chi connectivity index (χ0) is 15.5. The Bertz CT molecular complexity index is 387. The Morgan fingerprint density at radius 1 is 1.05 bits per heavy atom. The molecule has 0 heterocycles. The quantitative estimate of drug-likeness (QED) is 0.816. The van der Waals surface area contributed by atoms with E-state index in [9.17, 15) is 9.59 Å². The molecular formula is C17H29NO3. The van der Waals surface area contributed by atoms with Crippen LogP contribution in [0.4, 0.5) is 0 Å². The summed E-state index contributed by atoms with van der Waals surface area (Å²) < 4.78 is 0. The first-order valence-electron chi connectivity index (χ1n) is 8.32. The molecule has 1 amide bonds. The molecule has 0 unspecified atom stereocenters. The first kappa shape index (κ1) is 16.3. The third kappa shape index (κ3) is 4.72. The topological polar surface area (TPSA) is 66.4 Å². The molecule has 0 atom stereocenters. The summed E-state index contributed by atoms with van der Waals surface area (Å²) in [6.07, 6.45) is 8.79. The number of hydrogen-bond donors (Lipinski definition) is 2. The van der Waals surface area contributed by atoms with Gasteiger partial charge in [-0.15, -0.1) is 0 Å². The maximum atomic E-state index is 12.3. The average molecular weight is 295 g/mol. The molecule has 120 valence electrons. The molecule has 0 spiro atoms. The highest BCUT2D eigenvalue weighted by atomic mass is 16.4. The largest absolute Gasteiger partial charge is 0.481 e. The zero-order valence-corrected chi connectivity index (χ0v) is 13.4. The maximum Gasteiger partial charge on any atom is 0.303 e. The number of carbonyl (C=O) groups excluding carboxylic acids is 1.